The largest absolute Gasteiger partial charge is 0.506 e. The minimum Gasteiger partial charge on any atom is -0.506 e. The van der Waals surface area contributed by atoms with Crippen molar-refractivity contribution in [2.75, 3.05) is 20.8 Å². The lowest BCUT2D eigenvalue weighted by atomic mass is 10.2. The van der Waals surface area contributed by atoms with Crippen LogP contribution in [0, 0.1) is 0 Å². The van der Waals surface area contributed by atoms with Crippen molar-refractivity contribution in [3.63, 3.8) is 0 Å². The molecule has 0 spiro atoms. The molecule has 2 aromatic rings. The molecule has 27 heavy (non-hydrogen) atoms. The summed E-state index contributed by atoms with van der Waals surface area (Å²) in [6.07, 6.45) is 0. The van der Waals surface area contributed by atoms with Gasteiger partial charge in [0.1, 0.15) is 11.3 Å². The van der Waals surface area contributed by atoms with E-state index in [1.807, 2.05) is 0 Å². The van der Waals surface area contributed by atoms with Crippen molar-refractivity contribution in [1.82, 2.24) is 5.32 Å². The van der Waals surface area contributed by atoms with Crippen LogP contribution in [-0.2, 0) is 16.1 Å². The summed E-state index contributed by atoms with van der Waals surface area (Å²) in [6, 6.07) is 8.24. The second-order valence-electron chi connectivity index (χ2n) is 5.33. The van der Waals surface area contributed by atoms with Crippen molar-refractivity contribution in [2.45, 2.75) is 6.54 Å². The molecule has 0 unspecified atom stereocenters. The predicted molar refractivity (Wildman–Crippen MR) is 105 cm³/mol. The van der Waals surface area contributed by atoms with E-state index in [1.165, 1.54) is 20.3 Å². The number of aromatic hydroxyl groups is 1. The highest BCUT2D eigenvalue weighted by Crippen LogP contribution is 2.32. The van der Waals surface area contributed by atoms with Crippen LogP contribution in [0.15, 0.2) is 39.3 Å². The van der Waals surface area contributed by atoms with Gasteiger partial charge < -0.3 is 24.6 Å². The molecule has 0 radical (unpaired) electrons. The third kappa shape index (κ3) is 5.61. The van der Waals surface area contributed by atoms with Crippen LogP contribution in [0.4, 0.5) is 0 Å². The van der Waals surface area contributed by atoms with E-state index in [2.05, 4.69) is 37.2 Å². The smallest absolute Gasteiger partial charge is 0.342 e. The second-order valence-corrected chi connectivity index (χ2v) is 7.10. The molecule has 2 aromatic carbocycles. The van der Waals surface area contributed by atoms with Crippen molar-refractivity contribution >= 4 is 43.7 Å². The van der Waals surface area contributed by atoms with E-state index >= 15 is 0 Å². The van der Waals surface area contributed by atoms with Crippen LogP contribution in [-0.4, -0.2) is 37.8 Å². The zero-order valence-electron chi connectivity index (χ0n) is 14.5. The van der Waals surface area contributed by atoms with Gasteiger partial charge in [-0.15, -0.1) is 0 Å². The molecule has 0 aliphatic carbocycles. The number of hydrogen-bond donors (Lipinski definition) is 2. The molecule has 1 amide bonds. The molecule has 9 heteroatoms. The molecule has 0 aliphatic rings. The zero-order chi connectivity index (χ0) is 20.0. The molecule has 0 aliphatic heterocycles. The summed E-state index contributed by atoms with van der Waals surface area (Å²) < 4.78 is 16.2. The number of nitrogens with one attached hydrogen (secondary N) is 1. The van der Waals surface area contributed by atoms with Crippen LogP contribution in [0.1, 0.15) is 15.9 Å². The maximum Gasteiger partial charge on any atom is 0.342 e. The van der Waals surface area contributed by atoms with E-state index in [1.54, 1.807) is 24.3 Å². The van der Waals surface area contributed by atoms with Crippen molar-refractivity contribution in [3.8, 4) is 17.2 Å². The van der Waals surface area contributed by atoms with Gasteiger partial charge in [0.05, 0.1) is 18.7 Å². The normalized spacial score (nSPS) is 10.2. The van der Waals surface area contributed by atoms with Gasteiger partial charge in [-0.3, -0.25) is 4.79 Å². The molecular formula is C18H17Br2NO6. The van der Waals surface area contributed by atoms with Gasteiger partial charge in [0.2, 0.25) is 0 Å². The highest BCUT2D eigenvalue weighted by Gasteiger charge is 2.17. The first kappa shape index (κ1) is 21.0. The summed E-state index contributed by atoms with van der Waals surface area (Å²) >= 11 is 6.35. The molecule has 144 valence electrons. The van der Waals surface area contributed by atoms with Gasteiger partial charge in [-0.2, -0.15) is 0 Å². The summed E-state index contributed by atoms with van der Waals surface area (Å²) in [7, 11) is 3.06. The molecule has 0 saturated heterocycles. The average Bonchev–Trinajstić information content (AvgIpc) is 2.66. The van der Waals surface area contributed by atoms with Crippen LogP contribution < -0.4 is 14.8 Å². The number of halogens is 2. The summed E-state index contributed by atoms with van der Waals surface area (Å²) in [5.74, 6) is -0.413. The fraction of sp³-hybridized carbons (Fsp3) is 0.222. The van der Waals surface area contributed by atoms with E-state index in [0.29, 0.717) is 20.4 Å². The number of ether oxygens (including phenoxy) is 3. The summed E-state index contributed by atoms with van der Waals surface area (Å²) in [6.45, 7) is -0.250. The van der Waals surface area contributed by atoms with E-state index in [4.69, 9.17) is 14.2 Å². The number of methoxy groups -OCH3 is 2. The van der Waals surface area contributed by atoms with Crippen molar-refractivity contribution < 1.29 is 28.9 Å². The highest BCUT2D eigenvalue weighted by atomic mass is 79.9. The standard InChI is InChI=1S/C18H17Br2NO6/c1-25-14-4-3-10(5-15(14)26-2)8-21-16(22)9-27-18(24)12-6-11(19)7-13(20)17(12)23/h3-7,23H,8-9H2,1-2H3,(H,21,22). The SMILES string of the molecule is COc1ccc(CNC(=O)COC(=O)c2cc(Br)cc(Br)c2O)cc1OC. The Hall–Kier alpha value is -2.26. The Kier molecular flexibility index (Phi) is 7.49. The van der Waals surface area contributed by atoms with E-state index in [0.717, 1.165) is 5.56 Å². The molecular weight excluding hydrogens is 486 g/mol. The lowest BCUT2D eigenvalue weighted by Crippen LogP contribution is -2.28. The molecule has 0 aromatic heterocycles. The Morgan fingerprint density at radius 2 is 1.78 bits per heavy atom. The molecule has 0 bridgehead atoms. The fourth-order valence-corrected chi connectivity index (χ4v) is 3.40. The van der Waals surface area contributed by atoms with E-state index < -0.39 is 18.5 Å². The monoisotopic (exact) mass is 501 g/mol. The third-order valence-corrected chi connectivity index (χ3v) is 4.58. The number of phenols is 1. The number of carbonyl (C=O) groups is 2. The number of benzene rings is 2. The maximum absolute atomic E-state index is 12.1. The number of hydrogen-bond acceptors (Lipinski definition) is 6. The first-order valence-electron chi connectivity index (χ1n) is 7.68. The lowest BCUT2D eigenvalue weighted by Gasteiger charge is -2.11. The van der Waals surface area contributed by atoms with Crippen LogP contribution in [0.5, 0.6) is 17.2 Å². The quantitative estimate of drug-likeness (QED) is 0.563. The van der Waals surface area contributed by atoms with E-state index in [9.17, 15) is 14.7 Å². The Labute approximate surface area is 172 Å². The topological polar surface area (TPSA) is 94.1 Å². The predicted octanol–water partition coefficient (Wildman–Crippen LogP) is 3.41. The van der Waals surface area contributed by atoms with Gasteiger partial charge in [0, 0.05) is 11.0 Å². The van der Waals surface area contributed by atoms with Gasteiger partial charge in [-0.1, -0.05) is 22.0 Å². The summed E-state index contributed by atoms with van der Waals surface area (Å²) in [5, 5.41) is 12.5. The van der Waals surface area contributed by atoms with Gasteiger partial charge in [0.25, 0.3) is 5.91 Å². The molecule has 0 atom stereocenters. The Morgan fingerprint density at radius 3 is 2.44 bits per heavy atom. The minimum atomic E-state index is -0.809. The minimum absolute atomic E-state index is 0.0519. The van der Waals surface area contributed by atoms with Gasteiger partial charge in [-0.25, -0.2) is 4.79 Å². The molecule has 0 heterocycles. The van der Waals surface area contributed by atoms with Gasteiger partial charge in [-0.05, 0) is 45.8 Å². The number of rotatable bonds is 7. The first-order chi connectivity index (χ1) is 12.8. The summed E-state index contributed by atoms with van der Waals surface area (Å²) in [5.41, 5.74) is 0.741. The van der Waals surface area contributed by atoms with E-state index in [-0.39, 0.29) is 17.9 Å². The summed E-state index contributed by atoms with van der Waals surface area (Å²) in [4.78, 5) is 24.0. The van der Waals surface area contributed by atoms with Crippen molar-refractivity contribution in [3.05, 3.63) is 50.4 Å². The molecule has 2 rings (SSSR count). The Bertz CT molecular complexity index is 856. The number of amides is 1. The average molecular weight is 503 g/mol. The van der Waals surface area contributed by atoms with Crippen LogP contribution >= 0.6 is 31.9 Å². The van der Waals surface area contributed by atoms with Crippen LogP contribution in [0.2, 0.25) is 0 Å². The number of carbonyl (C=O) groups excluding carboxylic acids is 2. The molecule has 0 saturated carbocycles. The Morgan fingerprint density at radius 1 is 1.07 bits per heavy atom. The lowest BCUT2D eigenvalue weighted by molar-refractivity contribution is -0.124. The second kappa shape index (κ2) is 9.61. The zero-order valence-corrected chi connectivity index (χ0v) is 17.7. The van der Waals surface area contributed by atoms with Crippen molar-refractivity contribution in [1.29, 1.82) is 0 Å². The maximum atomic E-state index is 12.1. The first-order valence-corrected chi connectivity index (χ1v) is 9.27. The van der Waals surface area contributed by atoms with Gasteiger partial charge >= 0.3 is 5.97 Å². The molecule has 0 fully saturated rings. The third-order valence-electron chi connectivity index (χ3n) is 3.52. The fourth-order valence-electron chi connectivity index (χ4n) is 2.17. The van der Waals surface area contributed by atoms with Crippen molar-refractivity contribution in [2.24, 2.45) is 0 Å². The van der Waals surface area contributed by atoms with Crippen LogP contribution in [0.3, 0.4) is 0 Å². The highest BCUT2D eigenvalue weighted by molar-refractivity contribution is 9.11. The molecule has 7 nitrogen and oxygen atoms in total. The number of esters is 1. The number of phenolic OH excluding ortho intramolecular Hbond substituents is 1. The van der Waals surface area contributed by atoms with Gasteiger partial charge in [0.15, 0.2) is 18.1 Å². The van der Waals surface area contributed by atoms with Crippen LogP contribution in [0.25, 0.3) is 0 Å². The Balaban J connectivity index is 1.90. The molecule has 2 N–H and O–H groups in total.